The highest BCUT2D eigenvalue weighted by molar-refractivity contribution is 7.11. The molecule has 0 spiro atoms. The van der Waals surface area contributed by atoms with Crippen molar-refractivity contribution in [2.75, 3.05) is 0 Å². The lowest BCUT2D eigenvalue weighted by atomic mass is 9.90. The Morgan fingerprint density at radius 3 is 2.72 bits per heavy atom. The average molecular weight is 270 g/mol. The van der Waals surface area contributed by atoms with Gasteiger partial charge in [-0.3, -0.25) is 4.79 Å². The first-order valence-corrected chi connectivity index (χ1v) is 6.32. The predicted molar refractivity (Wildman–Crippen MR) is 70.6 cm³/mol. The minimum Gasteiger partial charge on any atom is -0.409 e. The molecule has 0 fully saturated rings. The van der Waals surface area contributed by atoms with Gasteiger partial charge in [0.05, 0.1) is 6.04 Å². The van der Waals surface area contributed by atoms with E-state index in [9.17, 15) is 4.79 Å². The van der Waals surface area contributed by atoms with Crippen LogP contribution in [0.4, 0.5) is 0 Å². The molecule has 0 saturated carbocycles. The molecule has 6 nitrogen and oxygen atoms in total. The van der Waals surface area contributed by atoms with Crippen molar-refractivity contribution in [3.05, 3.63) is 16.1 Å². The number of nitrogens with zero attached hydrogens (tertiary/aromatic N) is 2. The maximum Gasteiger partial charge on any atom is 0.233 e. The molecule has 0 aliphatic carbocycles. The van der Waals surface area contributed by atoms with Gasteiger partial charge in [-0.25, -0.2) is 4.98 Å². The molecule has 100 valence electrons. The largest absolute Gasteiger partial charge is 0.409 e. The van der Waals surface area contributed by atoms with E-state index in [4.69, 9.17) is 10.9 Å². The summed E-state index contributed by atoms with van der Waals surface area (Å²) in [5.74, 6) is -0.430. The Morgan fingerprint density at radius 2 is 2.28 bits per heavy atom. The van der Waals surface area contributed by atoms with Crippen LogP contribution >= 0.6 is 11.3 Å². The molecular weight excluding hydrogens is 252 g/mol. The number of aromatic nitrogens is 1. The minimum atomic E-state index is -1.06. The second-order valence-electron chi connectivity index (χ2n) is 4.61. The van der Waals surface area contributed by atoms with Crippen molar-refractivity contribution in [3.8, 4) is 0 Å². The molecule has 1 aromatic heterocycles. The zero-order valence-corrected chi connectivity index (χ0v) is 11.7. The number of thiazole rings is 1. The van der Waals surface area contributed by atoms with Gasteiger partial charge in [0, 0.05) is 11.1 Å². The van der Waals surface area contributed by atoms with Crippen LogP contribution in [0.25, 0.3) is 0 Å². The maximum atomic E-state index is 12.0. The third-order valence-electron chi connectivity index (χ3n) is 2.67. The highest BCUT2D eigenvalue weighted by atomic mass is 32.1. The van der Waals surface area contributed by atoms with Crippen LogP contribution in [0.3, 0.4) is 0 Å². The first-order chi connectivity index (χ1) is 8.28. The van der Waals surface area contributed by atoms with Gasteiger partial charge in [0.2, 0.25) is 5.91 Å². The van der Waals surface area contributed by atoms with Crippen molar-refractivity contribution in [2.24, 2.45) is 16.3 Å². The first-order valence-electron chi connectivity index (χ1n) is 5.50. The Hall–Kier alpha value is -1.63. The summed E-state index contributed by atoms with van der Waals surface area (Å²) in [6.07, 6.45) is 1.76. The fourth-order valence-electron chi connectivity index (χ4n) is 1.25. The minimum absolute atomic E-state index is 0.123. The van der Waals surface area contributed by atoms with Crippen molar-refractivity contribution in [2.45, 2.75) is 33.7 Å². The third-order valence-corrected chi connectivity index (χ3v) is 3.77. The normalized spacial score (nSPS) is 14.3. The number of amides is 1. The summed E-state index contributed by atoms with van der Waals surface area (Å²) in [6.45, 7) is 6.99. The average Bonchev–Trinajstić information content (AvgIpc) is 2.74. The number of hydrogen-bond donors (Lipinski definition) is 3. The van der Waals surface area contributed by atoms with Gasteiger partial charge in [-0.05, 0) is 27.7 Å². The van der Waals surface area contributed by atoms with Crippen LogP contribution in [0.15, 0.2) is 11.4 Å². The maximum absolute atomic E-state index is 12.0. The molecular formula is C11H18N4O2S. The molecule has 0 bridgehead atoms. The molecule has 1 unspecified atom stereocenters. The number of amidine groups is 1. The van der Waals surface area contributed by atoms with Crippen LogP contribution in [0, 0.1) is 12.3 Å². The van der Waals surface area contributed by atoms with Gasteiger partial charge in [-0.2, -0.15) is 0 Å². The van der Waals surface area contributed by atoms with Crippen molar-refractivity contribution >= 4 is 23.1 Å². The lowest BCUT2D eigenvalue weighted by molar-refractivity contribution is -0.127. The van der Waals surface area contributed by atoms with E-state index in [2.05, 4.69) is 15.5 Å². The van der Waals surface area contributed by atoms with E-state index in [-0.39, 0.29) is 17.8 Å². The quantitative estimate of drug-likeness (QED) is 0.333. The molecule has 0 aliphatic heterocycles. The van der Waals surface area contributed by atoms with Crippen LogP contribution < -0.4 is 11.1 Å². The van der Waals surface area contributed by atoms with Crippen molar-refractivity contribution in [1.82, 2.24) is 10.3 Å². The molecule has 0 aromatic carbocycles. The second kappa shape index (κ2) is 5.34. The van der Waals surface area contributed by atoms with Crippen LogP contribution in [0.5, 0.6) is 0 Å². The smallest absolute Gasteiger partial charge is 0.233 e. The third kappa shape index (κ3) is 2.98. The van der Waals surface area contributed by atoms with E-state index < -0.39 is 5.41 Å². The number of aryl methyl sites for hydroxylation is 1. The van der Waals surface area contributed by atoms with Gasteiger partial charge in [-0.1, -0.05) is 5.16 Å². The van der Waals surface area contributed by atoms with Gasteiger partial charge < -0.3 is 16.3 Å². The summed E-state index contributed by atoms with van der Waals surface area (Å²) in [5.41, 5.74) is 4.44. The molecule has 0 radical (unpaired) electrons. The summed E-state index contributed by atoms with van der Waals surface area (Å²) in [7, 11) is 0. The zero-order valence-electron chi connectivity index (χ0n) is 10.9. The topological polar surface area (TPSA) is 101 Å². The number of carbonyl (C=O) groups excluding carboxylic acids is 1. The van der Waals surface area contributed by atoms with E-state index in [0.717, 1.165) is 9.88 Å². The molecule has 7 heteroatoms. The Balaban J connectivity index is 2.76. The molecule has 1 atom stereocenters. The predicted octanol–water partition coefficient (Wildman–Crippen LogP) is 1.40. The van der Waals surface area contributed by atoms with Gasteiger partial charge in [-0.15, -0.1) is 11.3 Å². The van der Waals surface area contributed by atoms with E-state index in [1.54, 1.807) is 20.0 Å². The number of nitrogens with one attached hydrogen (secondary N) is 1. The van der Waals surface area contributed by atoms with Gasteiger partial charge in [0.15, 0.2) is 5.84 Å². The highest BCUT2D eigenvalue weighted by Crippen LogP contribution is 2.22. The Bertz CT molecular complexity index is 467. The van der Waals surface area contributed by atoms with E-state index >= 15 is 0 Å². The number of rotatable bonds is 4. The SMILES string of the molecule is Cc1cnc(C(C)NC(=O)C(C)(C)/C(N)=N/O)s1. The number of hydrogen-bond acceptors (Lipinski definition) is 5. The van der Waals surface area contributed by atoms with Crippen LogP contribution in [-0.2, 0) is 4.79 Å². The van der Waals surface area contributed by atoms with Crippen molar-refractivity contribution in [3.63, 3.8) is 0 Å². The van der Waals surface area contributed by atoms with E-state index in [1.807, 2.05) is 13.8 Å². The molecule has 1 amide bonds. The van der Waals surface area contributed by atoms with Gasteiger partial charge in [0.1, 0.15) is 10.4 Å². The first kappa shape index (κ1) is 14.4. The summed E-state index contributed by atoms with van der Waals surface area (Å²) < 4.78 is 0. The molecule has 0 aliphatic rings. The fraction of sp³-hybridized carbons (Fsp3) is 0.545. The molecule has 1 heterocycles. The molecule has 1 aromatic rings. The summed E-state index contributed by atoms with van der Waals surface area (Å²) >= 11 is 1.53. The molecule has 0 saturated heterocycles. The summed E-state index contributed by atoms with van der Waals surface area (Å²) in [6, 6.07) is -0.207. The number of carbonyl (C=O) groups is 1. The fourth-order valence-corrected chi connectivity index (χ4v) is 2.03. The van der Waals surface area contributed by atoms with Crippen LogP contribution in [0.1, 0.15) is 36.7 Å². The van der Waals surface area contributed by atoms with Crippen molar-refractivity contribution < 1.29 is 10.0 Å². The second-order valence-corrected chi connectivity index (χ2v) is 5.88. The molecule has 1 rings (SSSR count). The standard InChI is InChI=1S/C11H18N4O2S/c1-6-5-13-8(18-6)7(2)14-10(16)11(3,4)9(12)15-17/h5,7,17H,1-4H3,(H2,12,15)(H,14,16). The Morgan fingerprint density at radius 1 is 1.67 bits per heavy atom. The monoisotopic (exact) mass is 270 g/mol. The molecule has 4 N–H and O–H groups in total. The van der Waals surface area contributed by atoms with Gasteiger partial charge in [0.25, 0.3) is 0 Å². The molecule has 18 heavy (non-hydrogen) atoms. The van der Waals surface area contributed by atoms with E-state index in [1.165, 1.54) is 11.3 Å². The van der Waals surface area contributed by atoms with Crippen LogP contribution in [-0.4, -0.2) is 21.9 Å². The van der Waals surface area contributed by atoms with E-state index in [0.29, 0.717) is 0 Å². The number of nitrogens with two attached hydrogens (primary N) is 1. The lowest BCUT2D eigenvalue weighted by Crippen LogP contribution is -2.46. The Kier molecular flexibility index (Phi) is 4.28. The lowest BCUT2D eigenvalue weighted by Gasteiger charge is -2.23. The number of oxime groups is 1. The highest BCUT2D eigenvalue weighted by Gasteiger charge is 2.33. The van der Waals surface area contributed by atoms with Crippen LogP contribution in [0.2, 0.25) is 0 Å². The van der Waals surface area contributed by atoms with Crippen molar-refractivity contribution in [1.29, 1.82) is 0 Å². The zero-order chi connectivity index (χ0) is 13.9. The Labute approximate surface area is 110 Å². The summed E-state index contributed by atoms with van der Waals surface area (Å²) in [5, 5.41) is 15.2. The van der Waals surface area contributed by atoms with Gasteiger partial charge >= 0.3 is 0 Å². The summed E-state index contributed by atoms with van der Waals surface area (Å²) in [4.78, 5) is 17.3.